The highest BCUT2D eigenvalue weighted by molar-refractivity contribution is 6.00. The van der Waals surface area contributed by atoms with E-state index in [0.29, 0.717) is 0 Å². The molecule has 0 spiro atoms. The number of fused-ring (bicyclic) bond motifs is 9. The minimum absolute atomic E-state index is 0.00597. The third-order valence-corrected chi connectivity index (χ3v) is 8.70. The maximum atomic E-state index is 5.41. The van der Waals surface area contributed by atoms with Crippen LogP contribution in [0.25, 0.3) is 27.6 Å². The van der Waals surface area contributed by atoms with Crippen LogP contribution in [-0.4, -0.2) is 14.4 Å². The summed E-state index contributed by atoms with van der Waals surface area (Å²) in [4.78, 5) is 10.4. The summed E-state index contributed by atoms with van der Waals surface area (Å²) in [6.07, 6.45) is 6.13. The molecule has 4 nitrogen and oxygen atoms in total. The van der Waals surface area contributed by atoms with Gasteiger partial charge in [-0.15, -0.1) is 0 Å². The van der Waals surface area contributed by atoms with Crippen molar-refractivity contribution in [2.45, 2.75) is 103 Å². The van der Waals surface area contributed by atoms with Gasteiger partial charge in [-0.05, 0) is 62.1 Å². The summed E-state index contributed by atoms with van der Waals surface area (Å²) in [5, 5.41) is 1.38. The lowest BCUT2D eigenvalue weighted by atomic mass is 9.80. The summed E-state index contributed by atoms with van der Waals surface area (Å²) >= 11 is 0. The molecule has 1 fully saturated rings. The molecule has 4 heterocycles. The molecule has 33 heavy (non-hydrogen) atoms. The Morgan fingerprint density at radius 3 is 2.42 bits per heavy atom. The van der Waals surface area contributed by atoms with Gasteiger partial charge in [-0.3, -0.25) is 4.98 Å². The van der Waals surface area contributed by atoms with E-state index in [4.69, 9.17) is 9.97 Å². The molecular formula is C29H35N4+. The van der Waals surface area contributed by atoms with Crippen LogP contribution in [-0.2, 0) is 16.4 Å². The van der Waals surface area contributed by atoms with Gasteiger partial charge in [0, 0.05) is 22.5 Å². The third-order valence-electron chi connectivity index (χ3n) is 8.70. The molecule has 1 aliphatic heterocycles. The molecule has 2 aliphatic carbocycles. The van der Waals surface area contributed by atoms with E-state index in [0.717, 1.165) is 23.4 Å². The number of hydrogen-bond acceptors (Lipinski definition) is 2. The number of benzene rings is 1. The smallest absolute Gasteiger partial charge is 0.256 e. The lowest BCUT2D eigenvalue weighted by Crippen LogP contribution is -2.50. The Labute approximate surface area is 196 Å². The minimum Gasteiger partial charge on any atom is -0.256 e. The van der Waals surface area contributed by atoms with Crippen molar-refractivity contribution in [1.29, 1.82) is 0 Å². The monoisotopic (exact) mass is 439 g/mol. The second kappa shape index (κ2) is 5.59. The summed E-state index contributed by atoms with van der Waals surface area (Å²) in [5.74, 6) is 2.59. The van der Waals surface area contributed by atoms with Crippen LogP contribution in [0, 0.1) is 0 Å². The standard InChI is InChI=1S/C29H35N4/c1-27(2,3)21-13-19-20(14-30-21)32-25-23-18(31-26(32)28(4,5)6)12-17-15-9-10-16(11-15)22(17)24(23)29(7,8)33(19)25/h12-16H,9-11H2,1-8H3/q+1. The second-order valence-corrected chi connectivity index (χ2v) is 13.4. The predicted octanol–water partition coefficient (Wildman–Crippen LogP) is 6.38. The van der Waals surface area contributed by atoms with Crippen LogP contribution in [0.3, 0.4) is 0 Å². The molecule has 3 aromatic heterocycles. The van der Waals surface area contributed by atoms with Gasteiger partial charge in [0.05, 0.1) is 22.8 Å². The van der Waals surface area contributed by atoms with Crippen LogP contribution in [0.4, 0.5) is 0 Å². The van der Waals surface area contributed by atoms with Gasteiger partial charge >= 0.3 is 0 Å². The molecule has 2 atom stereocenters. The van der Waals surface area contributed by atoms with Gasteiger partial charge in [0.1, 0.15) is 5.54 Å². The summed E-state index contributed by atoms with van der Waals surface area (Å²) in [6, 6.07) is 4.82. The average Bonchev–Trinajstić information content (AvgIpc) is 3.45. The number of imidazole rings is 1. The third kappa shape index (κ3) is 2.26. The van der Waals surface area contributed by atoms with Gasteiger partial charge in [0.2, 0.25) is 5.82 Å². The second-order valence-electron chi connectivity index (χ2n) is 13.4. The fourth-order valence-electron chi connectivity index (χ4n) is 7.27. The SMILES string of the molecule is CC(C)(C)c1cc2c(cn1)n1c(C(C)(C)C)nc3cc4c(c5c3c1[n+]2C5(C)C)C1CCC4C1. The average molecular weight is 440 g/mol. The van der Waals surface area contributed by atoms with E-state index in [-0.39, 0.29) is 16.4 Å². The van der Waals surface area contributed by atoms with E-state index in [2.05, 4.69) is 82.7 Å². The highest BCUT2D eigenvalue weighted by atomic mass is 15.2. The van der Waals surface area contributed by atoms with Gasteiger partial charge in [-0.1, -0.05) is 41.5 Å². The fourth-order valence-corrected chi connectivity index (χ4v) is 7.27. The minimum atomic E-state index is -0.113. The molecule has 0 saturated heterocycles. The van der Waals surface area contributed by atoms with Gasteiger partial charge in [-0.2, -0.15) is 4.40 Å². The molecule has 2 unspecified atom stereocenters. The molecule has 0 radical (unpaired) electrons. The van der Waals surface area contributed by atoms with Crippen molar-refractivity contribution in [3.05, 3.63) is 46.5 Å². The van der Waals surface area contributed by atoms with E-state index >= 15 is 0 Å². The van der Waals surface area contributed by atoms with Crippen molar-refractivity contribution in [1.82, 2.24) is 14.4 Å². The van der Waals surface area contributed by atoms with Crippen molar-refractivity contribution < 1.29 is 4.57 Å². The van der Waals surface area contributed by atoms with Gasteiger partial charge in [0.15, 0.2) is 11.0 Å². The molecule has 4 heteroatoms. The summed E-state index contributed by atoms with van der Waals surface area (Å²) in [5.41, 5.74) is 10.8. The number of aromatic nitrogens is 4. The van der Waals surface area contributed by atoms with Crippen molar-refractivity contribution in [2.24, 2.45) is 0 Å². The van der Waals surface area contributed by atoms with Crippen LogP contribution < -0.4 is 4.57 Å². The number of rotatable bonds is 0. The quantitative estimate of drug-likeness (QED) is 0.298. The topological polar surface area (TPSA) is 34.1 Å². The molecule has 1 saturated carbocycles. The maximum Gasteiger partial charge on any atom is 0.299 e. The van der Waals surface area contributed by atoms with E-state index in [1.807, 2.05) is 0 Å². The lowest BCUT2D eigenvalue weighted by Gasteiger charge is -2.26. The van der Waals surface area contributed by atoms with Crippen LogP contribution in [0.2, 0.25) is 0 Å². The zero-order valence-electron chi connectivity index (χ0n) is 21.3. The summed E-state index contributed by atoms with van der Waals surface area (Å²) in [7, 11) is 0. The molecule has 7 rings (SSSR count). The van der Waals surface area contributed by atoms with Crippen molar-refractivity contribution in [2.75, 3.05) is 0 Å². The molecule has 2 bridgehead atoms. The van der Waals surface area contributed by atoms with E-state index in [9.17, 15) is 0 Å². The van der Waals surface area contributed by atoms with Crippen LogP contribution in [0.1, 0.15) is 115 Å². The van der Waals surface area contributed by atoms with E-state index < -0.39 is 0 Å². The highest BCUT2D eigenvalue weighted by Gasteiger charge is 2.51. The van der Waals surface area contributed by atoms with Crippen LogP contribution >= 0.6 is 0 Å². The summed E-state index contributed by atoms with van der Waals surface area (Å²) < 4.78 is 5.06. The lowest BCUT2D eigenvalue weighted by molar-refractivity contribution is -0.695. The van der Waals surface area contributed by atoms with Gasteiger partial charge in [-0.25, -0.2) is 9.55 Å². The Hall–Kier alpha value is -2.49. The molecule has 0 N–H and O–H groups in total. The van der Waals surface area contributed by atoms with Gasteiger partial charge < -0.3 is 0 Å². The van der Waals surface area contributed by atoms with E-state index in [1.165, 1.54) is 46.8 Å². The molecule has 0 amide bonds. The number of hydrogen-bond donors (Lipinski definition) is 0. The first-order chi connectivity index (χ1) is 15.4. The van der Waals surface area contributed by atoms with Crippen molar-refractivity contribution in [3.8, 4) is 0 Å². The van der Waals surface area contributed by atoms with Gasteiger partial charge in [0.25, 0.3) is 5.65 Å². The Balaban J connectivity index is 1.74. The summed E-state index contributed by atoms with van der Waals surface area (Å²) in [6.45, 7) is 18.5. The molecule has 170 valence electrons. The highest BCUT2D eigenvalue weighted by Crippen LogP contribution is 2.58. The Morgan fingerprint density at radius 1 is 1.00 bits per heavy atom. The number of nitrogens with zero attached hydrogens (tertiary/aromatic N) is 4. The Morgan fingerprint density at radius 2 is 1.73 bits per heavy atom. The van der Waals surface area contributed by atoms with Crippen molar-refractivity contribution >= 4 is 27.6 Å². The maximum absolute atomic E-state index is 5.41. The molecule has 1 aromatic carbocycles. The Bertz CT molecular complexity index is 1540. The van der Waals surface area contributed by atoms with Crippen LogP contribution in [0.15, 0.2) is 18.3 Å². The Kier molecular flexibility index (Phi) is 3.38. The first-order valence-corrected chi connectivity index (χ1v) is 12.7. The van der Waals surface area contributed by atoms with E-state index in [1.54, 1.807) is 16.7 Å². The van der Waals surface area contributed by atoms with Crippen molar-refractivity contribution in [3.63, 3.8) is 0 Å². The first kappa shape index (κ1) is 19.9. The normalized spacial score (nSPS) is 23.0. The fraction of sp³-hybridized carbons (Fsp3) is 0.552. The largest absolute Gasteiger partial charge is 0.299 e. The zero-order chi connectivity index (χ0) is 23.2. The van der Waals surface area contributed by atoms with Crippen LogP contribution in [0.5, 0.6) is 0 Å². The molecular weight excluding hydrogens is 404 g/mol. The first-order valence-electron chi connectivity index (χ1n) is 12.7. The molecule has 3 aliphatic rings. The predicted molar refractivity (Wildman–Crippen MR) is 133 cm³/mol. The molecule has 4 aromatic rings. The zero-order valence-corrected chi connectivity index (χ0v) is 21.3. The number of pyridine rings is 1.